The Labute approximate surface area is 130 Å². The molecule has 2 unspecified atom stereocenters. The third-order valence-corrected chi connectivity index (χ3v) is 5.24. The summed E-state index contributed by atoms with van der Waals surface area (Å²) >= 11 is 0. The highest BCUT2D eigenvalue weighted by molar-refractivity contribution is 5.10. The van der Waals surface area contributed by atoms with Gasteiger partial charge in [-0.2, -0.15) is 0 Å². The lowest BCUT2D eigenvalue weighted by molar-refractivity contribution is 0.305. The second-order valence-corrected chi connectivity index (χ2v) is 6.69. The summed E-state index contributed by atoms with van der Waals surface area (Å²) in [6.45, 7) is 4.33. The van der Waals surface area contributed by atoms with Crippen LogP contribution in [0.5, 0.6) is 0 Å². The van der Waals surface area contributed by atoms with E-state index in [9.17, 15) is 0 Å². The van der Waals surface area contributed by atoms with E-state index in [1.165, 1.54) is 75.6 Å². The van der Waals surface area contributed by atoms with Crippen LogP contribution >= 0.6 is 0 Å². The number of nitrogens with zero attached hydrogens (tertiary/aromatic N) is 2. The fourth-order valence-corrected chi connectivity index (χ4v) is 3.69. The van der Waals surface area contributed by atoms with Gasteiger partial charge in [-0.3, -0.25) is 0 Å². The minimum absolute atomic E-state index is 0.565. The van der Waals surface area contributed by atoms with Crippen LogP contribution < -0.4 is 5.32 Å². The lowest BCUT2D eigenvalue weighted by Crippen LogP contribution is -2.35. The molecule has 1 N–H and O–H groups in total. The van der Waals surface area contributed by atoms with Crippen LogP contribution in [0.4, 0.5) is 0 Å². The number of rotatable bonds is 2. The first-order valence-electron chi connectivity index (χ1n) is 8.91. The van der Waals surface area contributed by atoms with Gasteiger partial charge in [0.05, 0.1) is 18.1 Å². The Bertz CT molecular complexity index is 411. The second-order valence-electron chi connectivity index (χ2n) is 6.69. The highest BCUT2D eigenvalue weighted by Crippen LogP contribution is 2.27. The van der Waals surface area contributed by atoms with Crippen molar-refractivity contribution in [1.82, 2.24) is 14.9 Å². The quantitative estimate of drug-likeness (QED) is 0.866. The number of aromatic nitrogens is 2. The molecule has 1 heterocycles. The highest BCUT2D eigenvalue weighted by Gasteiger charge is 2.23. The molecule has 1 aliphatic rings. The van der Waals surface area contributed by atoms with E-state index in [-0.39, 0.29) is 0 Å². The van der Waals surface area contributed by atoms with Gasteiger partial charge in [-0.15, -0.1) is 0 Å². The Morgan fingerprint density at radius 1 is 0.952 bits per heavy atom. The van der Waals surface area contributed by atoms with Gasteiger partial charge >= 0.3 is 0 Å². The molecule has 0 radical (unpaired) electrons. The summed E-state index contributed by atoms with van der Waals surface area (Å²) in [5.41, 5.74) is 2.52. The van der Waals surface area contributed by atoms with Crippen molar-refractivity contribution in [1.29, 1.82) is 0 Å². The molecule has 2 atom stereocenters. The summed E-state index contributed by atoms with van der Waals surface area (Å²) < 4.78 is 2.43. The molecule has 0 bridgehead atoms. The molecule has 1 saturated carbocycles. The van der Waals surface area contributed by atoms with Gasteiger partial charge in [0.15, 0.2) is 0 Å². The molecule has 2 rings (SSSR count). The monoisotopic (exact) mass is 291 g/mol. The first-order valence-corrected chi connectivity index (χ1v) is 8.91. The van der Waals surface area contributed by atoms with Gasteiger partial charge in [-0.05, 0) is 33.7 Å². The maximum absolute atomic E-state index is 4.52. The molecular weight excluding hydrogens is 258 g/mol. The predicted octanol–water partition coefficient (Wildman–Crippen LogP) is 4.54. The minimum Gasteiger partial charge on any atom is -0.330 e. The molecule has 1 aromatic rings. The Balaban J connectivity index is 2.12. The van der Waals surface area contributed by atoms with E-state index in [1.54, 1.807) is 0 Å². The van der Waals surface area contributed by atoms with Crippen molar-refractivity contribution in [3.8, 4) is 0 Å². The van der Waals surface area contributed by atoms with Gasteiger partial charge in [0.2, 0.25) is 0 Å². The Morgan fingerprint density at radius 3 is 2.05 bits per heavy atom. The van der Waals surface area contributed by atoms with Gasteiger partial charge in [-0.1, -0.05) is 51.4 Å². The van der Waals surface area contributed by atoms with Crippen molar-refractivity contribution in [3.63, 3.8) is 0 Å². The lowest BCUT2D eigenvalue weighted by atomic mass is 9.93. The minimum atomic E-state index is 0.565. The first-order chi connectivity index (χ1) is 10.2. The average molecular weight is 291 g/mol. The predicted molar refractivity (Wildman–Crippen MR) is 89.8 cm³/mol. The van der Waals surface area contributed by atoms with E-state index in [4.69, 9.17) is 0 Å². The van der Waals surface area contributed by atoms with E-state index < -0.39 is 0 Å². The summed E-state index contributed by atoms with van der Waals surface area (Å²) in [6, 6.07) is 1.15. The second kappa shape index (κ2) is 8.57. The summed E-state index contributed by atoms with van der Waals surface area (Å²) in [5, 5.41) is 3.59. The zero-order chi connectivity index (χ0) is 15.1. The van der Waals surface area contributed by atoms with Crippen molar-refractivity contribution in [2.45, 2.75) is 90.1 Å². The number of likely N-dealkylation sites (N-methyl/N-ethyl adjacent to an activating group) is 1. The summed E-state index contributed by atoms with van der Waals surface area (Å²) in [6.07, 6.45) is 15.8. The van der Waals surface area contributed by atoms with Gasteiger partial charge in [-0.25, -0.2) is 4.98 Å². The van der Waals surface area contributed by atoms with Crippen molar-refractivity contribution < 1.29 is 0 Å². The Hall–Kier alpha value is -0.830. The number of nitrogens with one attached hydrogen (secondary N) is 1. The zero-order valence-corrected chi connectivity index (χ0v) is 14.2. The van der Waals surface area contributed by atoms with E-state index in [0.717, 1.165) is 0 Å². The molecule has 0 amide bonds. The maximum atomic E-state index is 4.52. The van der Waals surface area contributed by atoms with Crippen LogP contribution in [-0.2, 0) is 0 Å². The van der Waals surface area contributed by atoms with Gasteiger partial charge < -0.3 is 9.88 Å². The molecule has 1 aromatic heterocycles. The van der Waals surface area contributed by atoms with Crippen molar-refractivity contribution in [2.75, 3.05) is 7.05 Å². The largest absolute Gasteiger partial charge is 0.330 e. The average Bonchev–Trinajstić information content (AvgIpc) is 2.80. The molecule has 21 heavy (non-hydrogen) atoms. The van der Waals surface area contributed by atoms with Gasteiger partial charge in [0, 0.05) is 11.7 Å². The van der Waals surface area contributed by atoms with Crippen LogP contribution in [0, 0.1) is 13.8 Å². The normalized spacial score (nSPS) is 26.0. The van der Waals surface area contributed by atoms with Gasteiger partial charge in [0.1, 0.15) is 0 Å². The topological polar surface area (TPSA) is 29.9 Å². The standard InChI is InChI=1S/C18H33N3/c1-15-16(2)21(14-20-15)18-13-11-9-7-5-4-6-8-10-12-17(18)19-3/h14,17-19H,4-13H2,1-3H3. The highest BCUT2D eigenvalue weighted by atomic mass is 15.1. The summed E-state index contributed by atoms with van der Waals surface area (Å²) in [7, 11) is 2.13. The Morgan fingerprint density at radius 2 is 1.52 bits per heavy atom. The first kappa shape index (κ1) is 16.5. The molecule has 1 fully saturated rings. The van der Waals surface area contributed by atoms with Gasteiger partial charge in [0.25, 0.3) is 0 Å². The molecular formula is C18H33N3. The maximum Gasteiger partial charge on any atom is 0.0954 e. The van der Waals surface area contributed by atoms with E-state index in [1.807, 2.05) is 0 Å². The summed E-state index contributed by atoms with van der Waals surface area (Å²) in [5.74, 6) is 0. The number of imidazole rings is 1. The Kier molecular flexibility index (Phi) is 6.75. The van der Waals surface area contributed by atoms with E-state index >= 15 is 0 Å². The smallest absolute Gasteiger partial charge is 0.0954 e. The van der Waals surface area contributed by atoms with Crippen LogP contribution in [0.3, 0.4) is 0 Å². The lowest BCUT2D eigenvalue weighted by Gasteiger charge is -2.30. The molecule has 0 spiro atoms. The molecule has 0 aliphatic heterocycles. The molecule has 3 nitrogen and oxygen atoms in total. The molecule has 3 heteroatoms. The molecule has 0 aromatic carbocycles. The van der Waals surface area contributed by atoms with E-state index in [0.29, 0.717) is 12.1 Å². The van der Waals surface area contributed by atoms with Crippen molar-refractivity contribution >= 4 is 0 Å². The third-order valence-electron chi connectivity index (χ3n) is 5.24. The van der Waals surface area contributed by atoms with Crippen LogP contribution in [0.1, 0.15) is 81.6 Å². The molecule has 1 aliphatic carbocycles. The zero-order valence-electron chi connectivity index (χ0n) is 14.2. The fraction of sp³-hybridized carbons (Fsp3) is 0.833. The summed E-state index contributed by atoms with van der Waals surface area (Å²) in [4.78, 5) is 4.52. The van der Waals surface area contributed by atoms with E-state index in [2.05, 4.69) is 42.1 Å². The van der Waals surface area contributed by atoms with Crippen LogP contribution in [0.25, 0.3) is 0 Å². The van der Waals surface area contributed by atoms with Crippen molar-refractivity contribution in [3.05, 3.63) is 17.7 Å². The van der Waals surface area contributed by atoms with Crippen LogP contribution in [0.2, 0.25) is 0 Å². The third kappa shape index (κ3) is 4.57. The fourth-order valence-electron chi connectivity index (χ4n) is 3.69. The van der Waals surface area contributed by atoms with Crippen molar-refractivity contribution in [2.24, 2.45) is 0 Å². The molecule has 0 saturated heterocycles. The number of hydrogen-bond acceptors (Lipinski definition) is 2. The SMILES string of the molecule is CNC1CCCCCCCCCCC1n1cnc(C)c1C. The van der Waals surface area contributed by atoms with Crippen LogP contribution in [-0.4, -0.2) is 22.6 Å². The molecule has 120 valence electrons. The number of hydrogen-bond donors (Lipinski definition) is 1. The number of aryl methyl sites for hydroxylation is 1. The van der Waals surface area contributed by atoms with Crippen LogP contribution in [0.15, 0.2) is 6.33 Å².